The SMILES string of the molecule is Cc1cc(C)c(C2C(C#N)=C(N)N(c3cccc(C(F)(F)F)c3)C3=C2C(=O)CCC3)cc1COc1ccc(F)cc1. The van der Waals surface area contributed by atoms with Crippen molar-refractivity contribution in [3.8, 4) is 11.8 Å². The number of alkyl halides is 3. The number of carbonyl (C=O) groups excluding carboxylic acids is 1. The molecule has 1 atom stereocenters. The fourth-order valence-electron chi connectivity index (χ4n) is 5.59. The van der Waals surface area contributed by atoms with Gasteiger partial charge in [-0.3, -0.25) is 9.69 Å². The lowest BCUT2D eigenvalue weighted by molar-refractivity contribution is -0.137. The molecule has 1 unspecified atom stereocenters. The highest BCUT2D eigenvalue weighted by Gasteiger charge is 2.41. The molecule has 1 aliphatic heterocycles. The van der Waals surface area contributed by atoms with Crippen LogP contribution in [0.2, 0.25) is 0 Å². The third-order valence-electron chi connectivity index (χ3n) is 7.59. The molecular weight excluding hydrogens is 534 g/mol. The second-order valence-electron chi connectivity index (χ2n) is 10.2. The van der Waals surface area contributed by atoms with Crippen molar-refractivity contribution in [2.24, 2.45) is 5.73 Å². The number of aryl methyl sites for hydroxylation is 2. The Morgan fingerprint density at radius 3 is 2.46 bits per heavy atom. The Morgan fingerprint density at radius 1 is 1.05 bits per heavy atom. The van der Waals surface area contributed by atoms with Crippen LogP contribution in [0.5, 0.6) is 5.75 Å². The number of ether oxygens (including phenoxy) is 1. The minimum absolute atomic E-state index is 0.00522. The second-order valence-corrected chi connectivity index (χ2v) is 10.2. The summed E-state index contributed by atoms with van der Waals surface area (Å²) in [6.07, 6.45) is -3.39. The first kappa shape index (κ1) is 28.0. The molecule has 0 aromatic heterocycles. The van der Waals surface area contributed by atoms with E-state index in [0.29, 0.717) is 35.4 Å². The Kier molecular flexibility index (Phi) is 7.35. The molecule has 0 saturated carbocycles. The van der Waals surface area contributed by atoms with Crippen LogP contribution in [0.4, 0.5) is 23.2 Å². The Morgan fingerprint density at radius 2 is 1.78 bits per heavy atom. The topological polar surface area (TPSA) is 79.4 Å². The Balaban J connectivity index is 1.63. The zero-order chi connectivity index (χ0) is 29.5. The molecule has 2 N–H and O–H groups in total. The van der Waals surface area contributed by atoms with Gasteiger partial charge in [0.2, 0.25) is 0 Å². The molecule has 5 nitrogen and oxygen atoms in total. The summed E-state index contributed by atoms with van der Waals surface area (Å²) < 4.78 is 59.8. The highest BCUT2D eigenvalue weighted by atomic mass is 19.4. The highest BCUT2D eigenvalue weighted by molar-refractivity contribution is 6.01. The molecule has 2 aliphatic rings. The van der Waals surface area contributed by atoms with Gasteiger partial charge in [-0.2, -0.15) is 18.4 Å². The zero-order valence-corrected chi connectivity index (χ0v) is 22.5. The van der Waals surface area contributed by atoms with E-state index >= 15 is 0 Å². The maximum atomic E-state index is 13.6. The van der Waals surface area contributed by atoms with Crippen LogP contribution in [0.25, 0.3) is 0 Å². The van der Waals surface area contributed by atoms with Gasteiger partial charge in [-0.25, -0.2) is 4.39 Å². The van der Waals surface area contributed by atoms with Crippen molar-refractivity contribution in [1.82, 2.24) is 0 Å². The Hall–Kier alpha value is -4.58. The molecule has 1 aliphatic carbocycles. The zero-order valence-electron chi connectivity index (χ0n) is 22.5. The van der Waals surface area contributed by atoms with E-state index in [4.69, 9.17) is 10.5 Å². The fraction of sp³-hybridized carbons (Fsp3) is 0.250. The van der Waals surface area contributed by atoms with Crippen LogP contribution >= 0.6 is 0 Å². The third-order valence-corrected chi connectivity index (χ3v) is 7.59. The third kappa shape index (κ3) is 5.30. The van der Waals surface area contributed by atoms with E-state index in [1.807, 2.05) is 26.0 Å². The number of halogens is 4. The van der Waals surface area contributed by atoms with Gasteiger partial charge in [-0.15, -0.1) is 0 Å². The smallest absolute Gasteiger partial charge is 0.416 e. The summed E-state index contributed by atoms with van der Waals surface area (Å²) in [5.41, 5.74) is 10.1. The normalized spacial score (nSPS) is 17.4. The molecule has 5 rings (SSSR count). The minimum atomic E-state index is -4.57. The molecule has 0 saturated heterocycles. The first-order chi connectivity index (χ1) is 19.5. The van der Waals surface area contributed by atoms with E-state index in [1.54, 1.807) is 0 Å². The van der Waals surface area contributed by atoms with Gasteiger partial charge in [-0.05, 0) is 91.4 Å². The summed E-state index contributed by atoms with van der Waals surface area (Å²) in [7, 11) is 0. The van der Waals surface area contributed by atoms with Crippen LogP contribution in [-0.2, 0) is 17.6 Å². The molecule has 0 spiro atoms. The number of nitrogens with zero attached hydrogens (tertiary/aromatic N) is 2. The van der Waals surface area contributed by atoms with Crippen molar-refractivity contribution in [2.75, 3.05) is 4.90 Å². The highest BCUT2D eigenvalue weighted by Crippen LogP contribution is 2.47. The Labute approximate surface area is 235 Å². The molecule has 0 radical (unpaired) electrons. The summed E-state index contributed by atoms with van der Waals surface area (Å²) in [5.74, 6) is -0.851. The number of anilines is 1. The van der Waals surface area contributed by atoms with Crippen LogP contribution in [0.1, 0.15) is 53.0 Å². The van der Waals surface area contributed by atoms with Gasteiger partial charge in [0.1, 0.15) is 24.0 Å². The average Bonchev–Trinajstić information content (AvgIpc) is 2.93. The molecular formula is C32H27F4N3O2. The van der Waals surface area contributed by atoms with E-state index < -0.39 is 17.7 Å². The van der Waals surface area contributed by atoms with Crippen molar-refractivity contribution in [3.63, 3.8) is 0 Å². The minimum Gasteiger partial charge on any atom is -0.489 e. The van der Waals surface area contributed by atoms with Crippen molar-refractivity contribution in [3.05, 3.63) is 117 Å². The number of nitrogens with two attached hydrogens (primary N) is 1. The van der Waals surface area contributed by atoms with Gasteiger partial charge in [0.05, 0.1) is 23.1 Å². The number of benzene rings is 3. The van der Waals surface area contributed by atoms with Gasteiger partial charge in [0.25, 0.3) is 0 Å². The summed E-state index contributed by atoms with van der Waals surface area (Å²) in [6, 6.07) is 16.4. The number of carbonyl (C=O) groups is 1. The molecule has 41 heavy (non-hydrogen) atoms. The van der Waals surface area contributed by atoms with Crippen LogP contribution in [0.3, 0.4) is 0 Å². The molecule has 9 heteroatoms. The Bertz CT molecular complexity index is 1630. The first-order valence-corrected chi connectivity index (χ1v) is 13.1. The predicted octanol–water partition coefficient (Wildman–Crippen LogP) is 7.35. The van der Waals surface area contributed by atoms with E-state index in [9.17, 15) is 27.6 Å². The standard InChI is InChI=1S/C32H27F4N3O2/c1-18-13-19(2)25(14-20(18)17-41-24-11-9-22(33)10-12-24)29-26(16-37)31(38)39(27-7-4-8-28(40)30(27)29)23-6-3-5-21(15-23)32(34,35)36/h3,5-6,9-15,29H,4,7-8,17,38H2,1-2H3. The largest absolute Gasteiger partial charge is 0.489 e. The molecule has 210 valence electrons. The average molecular weight is 562 g/mol. The van der Waals surface area contributed by atoms with Crippen LogP contribution in [-0.4, -0.2) is 5.78 Å². The van der Waals surface area contributed by atoms with Crippen LogP contribution in [0.15, 0.2) is 83.3 Å². The second kappa shape index (κ2) is 10.8. The van der Waals surface area contributed by atoms with Gasteiger partial charge in [0, 0.05) is 23.4 Å². The summed E-state index contributed by atoms with van der Waals surface area (Å²) in [6.45, 7) is 3.96. The van der Waals surface area contributed by atoms with Crippen molar-refractivity contribution in [1.29, 1.82) is 5.26 Å². The maximum Gasteiger partial charge on any atom is 0.416 e. The summed E-state index contributed by atoms with van der Waals surface area (Å²) >= 11 is 0. The first-order valence-electron chi connectivity index (χ1n) is 13.1. The number of hydrogen-bond donors (Lipinski definition) is 1. The van der Waals surface area contributed by atoms with Crippen LogP contribution in [0, 0.1) is 31.0 Å². The van der Waals surface area contributed by atoms with Crippen molar-refractivity contribution in [2.45, 2.75) is 51.8 Å². The molecule has 3 aromatic carbocycles. The quantitative estimate of drug-likeness (QED) is 0.330. The van der Waals surface area contributed by atoms with Crippen molar-refractivity contribution < 1.29 is 27.1 Å². The van der Waals surface area contributed by atoms with Gasteiger partial charge in [0.15, 0.2) is 5.78 Å². The number of Topliss-reactive ketones (excluding diaryl/α,β-unsaturated/α-hetero) is 1. The lowest BCUT2D eigenvalue weighted by atomic mass is 9.74. The van der Waals surface area contributed by atoms with E-state index in [0.717, 1.165) is 28.8 Å². The number of nitriles is 1. The monoisotopic (exact) mass is 561 g/mol. The number of rotatable bonds is 5. The number of ketones is 1. The summed E-state index contributed by atoms with van der Waals surface area (Å²) in [4.78, 5) is 14.9. The molecule has 1 heterocycles. The summed E-state index contributed by atoms with van der Waals surface area (Å²) in [5, 5.41) is 10.3. The van der Waals surface area contributed by atoms with Gasteiger partial charge < -0.3 is 10.5 Å². The van der Waals surface area contributed by atoms with Crippen molar-refractivity contribution >= 4 is 11.5 Å². The van der Waals surface area contributed by atoms with Crippen LogP contribution < -0.4 is 15.4 Å². The van der Waals surface area contributed by atoms with E-state index in [1.165, 1.54) is 41.3 Å². The molecule has 0 bridgehead atoms. The number of hydrogen-bond acceptors (Lipinski definition) is 5. The van der Waals surface area contributed by atoms with Gasteiger partial charge in [-0.1, -0.05) is 18.2 Å². The van der Waals surface area contributed by atoms with E-state index in [2.05, 4.69) is 6.07 Å². The van der Waals surface area contributed by atoms with Gasteiger partial charge >= 0.3 is 6.18 Å². The number of allylic oxidation sites excluding steroid dienone is 3. The molecule has 3 aromatic rings. The lowest BCUT2D eigenvalue weighted by Gasteiger charge is -2.40. The molecule has 0 fully saturated rings. The van der Waals surface area contributed by atoms with E-state index in [-0.39, 0.29) is 41.7 Å². The lowest BCUT2D eigenvalue weighted by Crippen LogP contribution is -2.39. The molecule has 0 amide bonds. The predicted molar refractivity (Wildman–Crippen MR) is 146 cm³/mol. The maximum absolute atomic E-state index is 13.6. The fourth-order valence-corrected chi connectivity index (χ4v) is 5.59.